The van der Waals surface area contributed by atoms with Gasteiger partial charge in [0.1, 0.15) is 11.6 Å². The van der Waals surface area contributed by atoms with Crippen LogP contribution >= 0.6 is 0 Å². The van der Waals surface area contributed by atoms with Crippen LogP contribution in [0, 0.1) is 0 Å². The van der Waals surface area contributed by atoms with E-state index in [4.69, 9.17) is 14.7 Å². The Morgan fingerprint density at radius 2 is 1.78 bits per heavy atom. The minimum atomic E-state index is 0.0585. The van der Waals surface area contributed by atoms with Crippen LogP contribution in [-0.2, 0) is 11.2 Å². The summed E-state index contributed by atoms with van der Waals surface area (Å²) in [6.07, 6.45) is 4.19. The highest BCUT2D eigenvalue weighted by molar-refractivity contribution is 5.90. The molecule has 1 fully saturated rings. The summed E-state index contributed by atoms with van der Waals surface area (Å²) in [6.45, 7) is 0. The molecule has 1 aliphatic rings. The lowest BCUT2D eigenvalue weighted by atomic mass is 9.91. The number of fused-ring (bicyclic) bond motifs is 1. The summed E-state index contributed by atoms with van der Waals surface area (Å²) >= 11 is 0. The second kappa shape index (κ2) is 9.85. The van der Waals surface area contributed by atoms with Crippen molar-refractivity contribution in [1.82, 2.24) is 15.3 Å². The number of amides is 1. The Balaban J connectivity index is 1.31. The minimum Gasteiger partial charge on any atom is -0.497 e. The van der Waals surface area contributed by atoms with Crippen molar-refractivity contribution >= 4 is 28.6 Å². The monoisotopic (exact) mass is 433 g/mol. The normalized spacial score (nSPS) is 18.2. The quantitative estimate of drug-likeness (QED) is 0.590. The molecule has 0 atom stereocenters. The highest BCUT2D eigenvalue weighted by Gasteiger charge is 2.23. The van der Waals surface area contributed by atoms with Crippen molar-refractivity contribution in [3.8, 4) is 5.75 Å². The Kier molecular flexibility index (Phi) is 6.73. The lowest BCUT2D eigenvalue weighted by Gasteiger charge is -2.30. The summed E-state index contributed by atoms with van der Waals surface area (Å²) in [5.41, 5.74) is 1.90. The minimum absolute atomic E-state index is 0.0585. The number of anilines is 2. The molecule has 0 radical (unpaired) electrons. The van der Waals surface area contributed by atoms with Gasteiger partial charge in [0.05, 0.1) is 19.0 Å². The zero-order chi connectivity index (χ0) is 22.5. The number of benzene rings is 2. The molecule has 0 aliphatic heterocycles. The molecule has 2 N–H and O–H groups in total. The molecule has 0 unspecified atom stereocenters. The second-order valence-corrected chi connectivity index (χ2v) is 8.57. The van der Waals surface area contributed by atoms with E-state index in [0.29, 0.717) is 18.4 Å². The van der Waals surface area contributed by atoms with E-state index in [1.165, 1.54) is 0 Å². The van der Waals surface area contributed by atoms with Crippen LogP contribution < -0.4 is 20.3 Å². The van der Waals surface area contributed by atoms with Crippen LogP contribution in [0.3, 0.4) is 0 Å². The number of para-hydroxylation sites is 1. The number of methoxy groups -OCH3 is 1. The molecule has 1 amide bonds. The summed E-state index contributed by atoms with van der Waals surface area (Å²) in [5, 5.41) is 7.76. The van der Waals surface area contributed by atoms with E-state index < -0.39 is 0 Å². The van der Waals surface area contributed by atoms with Gasteiger partial charge in [-0.25, -0.2) is 4.98 Å². The Morgan fingerprint density at radius 3 is 2.53 bits per heavy atom. The van der Waals surface area contributed by atoms with Crippen LogP contribution in [0.15, 0.2) is 48.5 Å². The molecule has 7 nitrogen and oxygen atoms in total. The standard InChI is InChI=1S/C25H31N5O2/c1-30(2)24-21-9-4-5-10-22(21)28-25(29-24)27-19-13-11-18(12-14-19)26-23(31)16-17-7-6-8-20(15-17)32-3/h4-10,15,18-19H,11-14,16H2,1-3H3,(H,26,31)(H,27,28,29)/t18-,19+. The molecule has 0 bridgehead atoms. The van der Waals surface area contributed by atoms with Crippen LogP contribution in [0.4, 0.5) is 11.8 Å². The number of nitrogens with one attached hydrogen (secondary N) is 2. The lowest BCUT2D eigenvalue weighted by Crippen LogP contribution is -2.40. The molecule has 0 spiro atoms. The van der Waals surface area contributed by atoms with Crippen molar-refractivity contribution in [1.29, 1.82) is 0 Å². The molecule has 2 aromatic carbocycles. The summed E-state index contributed by atoms with van der Waals surface area (Å²) in [5.74, 6) is 2.41. The van der Waals surface area contributed by atoms with Crippen LogP contribution in [-0.4, -0.2) is 49.2 Å². The zero-order valence-corrected chi connectivity index (χ0v) is 19.0. The summed E-state index contributed by atoms with van der Waals surface area (Å²) in [7, 11) is 5.63. The fourth-order valence-corrected chi connectivity index (χ4v) is 4.28. The van der Waals surface area contributed by atoms with Crippen molar-refractivity contribution in [3.63, 3.8) is 0 Å². The number of carbonyl (C=O) groups excluding carboxylic acids is 1. The summed E-state index contributed by atoms with van der Waals surface area (Å²) in [6, 6.07) is 16.2. The van der Waals surface area contributed by atoms with E-state index in [-0.39, 0.29) is 11.9 Å². The highest BCUT2D eigenvalue weighted by Crippen LogP contribution is 2.26. The van der Waals surface area contributed by atoms with E-state index in [1.807, 2.05) is 67.5 Å². The second-order valence-electron chi connectivity index (χ2n) is 8.57. The maximum absolute atomic E-state index is 12.5. The van der Waals surface area contributed by atoms with Gasteiger partial charge in [0, 0.05) is 31.6 Å². The molecule has 0 saturated heterocycles. The number of hydrogen-bond donors (Lipinski definition) is 2. The van der Waals surface area contributed by atoms with E-state index in [1.54, 1.807) is 7.11 Å². The van der Waals surface area contributed by atoms with Gasteiger partial charge in [-0.2, -0.15) is 4.98 Å². The van der Waals surface area contributed by atoms with Crippen molar-refractivity contribution in [3.05, 3.63) is 54.1 Å². The van der Waals surface area contributed by atoms with Crippen molar-refractivity contribution < 1.29 is 9.53 Å². The molecular weight excluding hydrogens is 402 g/mol. The average molecular weight is 434 g/mol. The Bertz CT molecular complexity index is 1080. The predicted molar refractivity (Wildman–Crippen MR) is 128 cm³/mol. The van der Waals surface area contributed by atoms with E-state index in [0.717, 1.165) is 53.7 Å². The Hall–Kier alpha value is -3.35. The van der Waals surface area contributed by atoms with Crippen LogP contribution in [0.5, 0.6) is 5.75 Å². The van der Waals surface area contributed by atoms with Gasteiger partial charge >= 0.3 is 0 Å². The van der Waals surface area contributed by atoms with Gasteiger partial charge in [-0.05, 0) is 55.5 Å². The van der Waals surface area contributed by atoms with Crippen LogP contribution in [0.25, 0.3) is 10.9 Å². The molecule has 1 aromatic heterocycles. The molecule has 1 aliphatic carbocycles. The summed E-state index contributed by atoms with van der Waals surface area (Å²) in [4.78, 5) is 24.0. The fraction of sp³-hybridized carbons (Fsp3) is 0.400. The topological polar surface area (TPSA) is 79.4 Å². The molecule has 1 heterocycles. The van der Waals surface area contributed by atoms with Crippen molar-refractivity contribution in [2.45, 2.75) is 44.2 Å². The average Bonchev–Trinajstić information content (AvgIpc) is 2.80. The van der Waals surface area contributed by atoms with E-state index in [2.05, 4.69) is 10.6 Å². The van der Waals surface area contributed by atoms with Crippen LogP contribution in [0.2, 0.25) is 0 Å². The van der Waals surface area contributed by atoms with Gasteiger partial charge in [0.2, 0.25) is 11.9 Å². The Labute approximate surface area is 189 Å². The number of nitrogens with zero attached hydrogens (tertiary/aromatic N) is 3. The number of aromatic nitrogens is 2. The van der Waals surface area contributed by atoms with Gasteiger partial charge in [-0.3, -0.25) is 4.79 Å². The first kappa shape index (κ1) is 21.9. The van der Waals surface area contributed by atoms with Gasteiger partial charge in [0.15, 0.2) is 0 Å². The molecular formula is C25H31N5O2. The van der Waals surface area contributed by atoms with Crippen LogP contribution in [0.1, 0.15) is 31.2 Å². The third kappa shape index (κ3) is 5.28. The largest absolute Gasteiger partial charge is 0.497 e. The predicted octanol–water partition coefficient (Wildman–Crippen LogP) is 3.79. The van der Waals surface area contributed by atoms with Gasteiger partial charge < -0.3 is 20.3 Å². The first-order valence-electron chi connectivity index (χ1n) is 11.1. The van der Waals surface area contributed by atoms with Gasteiger partial charge in [0.25, 0.3) is 0 Å². The lowest BCUT2D eigenvalue weighted by molar-refractivity contribution is -0.121. The van der Waals surface area contributed by atoms with Gasteiger partial charge in [-0.1, -0.05) is 24.3 Å². The van der Waals surface area contributed by atoms with Gasteiger partial charge in [-0.15, -0.1) is 0 Å². The molecule has 32 heavy (non-hydrogen) atoms. The van der Waals surface area contributed by atoms with Crippen molar-refractivity contribution in [2.24, 2.45) is 0 Å². The maximum Gasteiger partial charge on any atom is 0.225 e. The third-order valence-corrected chi connectivity index (χ3v) is 5.93. The SMILES string of the molecule is COc1cccc(CC(=O)N[C@H]2CC[C@@H](Nc3nc(N(C)C)c4ccccc4n3)CC2)c1. The molecule has 4 rings (SSSR count). The maximum atomic E-state index is 12.5. The Morgan fingerprint density at radius 1 is 1.03 bits per heavy atom. The first-order chi connectivity index (χ1) is 15.5. The molecule has 168 valence electrons. The van der Waals surface area contributed by atoms with E-state index in [9.17, 15) is 4.79 Å². The molecule has 7 heteroatoms. The van der Waals surface area contributed by atoms with Crippen molar-refractivity contribution in [2.75, 3.05) is 31.4 Å². The number of hydrogen-bond acceptors (Lipinski definition) is 6. The summed E-state index contributed by atoms with van der Waals surface area (Å²) < 4.78 is 5.24. The third-order valence-electron chi connectivity index (χ3n) is 5.93. The number of carbonyl (C=O) groups is 1. The smallest absolute Gasteiger partial charge is 0.225 e. The highest BCUT2D eigenvalue weighted by atomic mass is 16.5. The molecule has 3 aromatic rings. The molecule has 1 saturated carbocycles. The fourth-order valence-electron chi connectivity index (χ4n) is 4.28. The zero-order valence-electron chi connectivity index (χ0n) is 19.0. The number of ether oxygens (including phenoxy) is 1. The van der Waals surface area contributed by atoms with E-state index >= 15 is 0 Å². The number of rotatable bonds is 7. The first-order valence-corrected chi connectivity index (χ1v) is 11.1.